The lowest BCUT2D eigenvalue weighted by Gasteiger charge is -2.07. The van der Waals surface area contributed by atoms with Gasteiger partial charge in [-0.3, -0.25) is 9.59 Å². The van der Waals surface area contributed by atoms with Crippen molar-refractivity contribution in [1.29, 1.82) is 0 Å². The summed E-state index contributed by atoms with van der Waals surface area (Å²) in [5.41, 5.74) is 1.84. The molecule has 0 atom stereocenters. The van der Waals surface area contributed by atoms with Crippen LogP contribution < -0.4 is 10.6 Å². The number of halogens is 1. The zero-order valence-corrected chi connectivity index (χ0v) is 14.9. The van der Waals surface area contributed by atoms with E-state index < -0.39 is 0 Å². The molecular weight excluding hydrogens is 336 g/mol. The van der Waals surface area contributed by atoms with Gasteiger partial charge >= 0.3 is 0 Å². The molecular formula is C20H23ClN2O2. The van der Waals surface area contributed by atoms with Crippen LogP contribution in [0.3, 0.4) is 0 Å². The average molecular weight is 359 g/mol. The van der Waals surface area contributed by atoms with Crippen LogP contribution >= 0.6 is 11.6 Å². The number of amides is 2. The molecule has 0 aliphatic carbocycles. The Labute approximate surface area is 153 Å². The summed E-state index contributed by atoms with van der Waals surface area (Å²) in [5, 5.41) is 6.31. The van der Waals surface area contributed by atoms with Crippen molar-refractivity contribution >= 4 is 23.4 Å². The quantitative estimate of drug-likeness (QED) is 0.673. The second-order valence-corrected chi connectivity index (χ2v) is 6.24. The van der Waals surface area contributed by atoms with Gasteiger partial charge in [-0.1, -0.05) is 41.9 Å². The Hall–Kier alpha value is -2.33. The SMILES string of the molecule is O=C(CCCNC(=O)c1ccc(Cl)cc1)NCCCc1ccccc1. The molecule has 0 aliphatic heterocycles. The molecule has 0 saturated heterocycles. The van der Waals surface area contributed by atoms with Crippen molar-refractivity contribution in [1.82, 2.24) is 10.6 Å². The Kier molecular flexibility index (Phi) is 7.99. The number of aryl methyl sites for hydroxylation is 1. The van der Waals surface area contributed by atoms with Gasteiger partial charge in [0.25, 0.3) is 5.91 Å². The van der Waals surface area contributed by atoms with E-state index in [1.807, 2.05) is 18.2 Å². The van der Waals surface area contributed by atoms with Gasteiger partial charge in [0.1, 0.15) is 0 Å². The second kappa shape index (κ2) is 10.5. The lowest BCUT2D eigenvalue weighted by atomic mass is 10.1. The highest BCUT2D eigenvalue weighted by atomic mass is 35.5. The summed E-state index contributed by atoms with van der Waals surface area (Å²) in [7, 11) is 0. The monoisotopic (exact) mass is 358 g/mol. The molecule has 0 bridgehead atoms. The Morgan fingerprint density at radius 2 is 1.52 bits per heavy atom. The van der Waals surface area contributed by atoms with Gasteiger partial charge in [0.15, 0.2) is 0 Å². The van der Waals surface area contributed by atoms with Crippen LogP contribution in [0.25, 0.3) is 0 Å². The molecule has 2 rings (SSSR count). The van der Waals surface area contributed by atoms with Crippen molar-refractivity contribution in [3.63, 3.8) is 0 Å². The molecule has 2 aromatic rings. The second-order valence-electron chi connectivity index (χ2n) is 5.81. The summed E-state index contributed by atoms with van der Waals surface area (Å²) < 4.78 is 0. The smallest absolute Gasteiger partial charge is 0.251 e. The van der Waals surface area contributed by atoms with Crippen LogP contribution in [0, 0.1) is 0 Å². The summed E-state index contributed by atoms with van der Waals surface area (Å²) in [4.78, 5) is 23.7. The van der Waals surface area contributed by atoms with Gasteiger partial charge in [0.2, 0.25) is 5.91 Å². The van der Waals surface area contributed by atoms with Gasteiger partial charge in [-0.15, -0.1) is 0 Å². The van der Waals surface area contributed by atoms with Crippen molar-refractivity contribution in [3.05, 3.63) is 70.7 Å². The van der Waals surface area contributed by atoms with Gasteiger partial charge in [0, 0.05) is 30.1 Å². The van der Waals surface area contributed by atoms with Crippen molar-refractivity contribution in [2.45, 2.75) is 25.7 Å². The van der Waals surface area contributed by atoms with E-state index in [1.165, 1.54) is 5.56 Å². The third kappa shape index (κ3) is 7.40. The molecule has 5 heteroatoms. The predicted octanol–water partition coefficient (Wildman–Crippen LogP) is 3.60. The van der Waals surface area contributed by atoms with Gasteiger partial charge < -0.3 is 10.6 Å². The molecule has 0 aromatic heterocycles. The lowest BCUT2D eigenvalue weighted by molar-refractivity contribution is -0.121. The van der Waals surface area contributed by atoms with E-state index in [0.717, 1.165) is 12.8 Å². The van der Waals surface area contributed by atoms with E-state index in [0.29, 0.717) is 36.5 Å². The number of benzene rings is 2. The van der Waals surface area contributed by atoms with Crippen molar-refractivity contribution < 1.29 is 9.59 Å². The van der Waals surface area contributed by atoms with Crippen LogP contribution in [0.1, 0.15) is 35.2 Å². The van der Waals surface area contributed by atoms with Crippen molar-refractivity contribution in [2.75, 3.05) is 13.1 Å². The normalized spacial score (nSPS) is 10.3. The van der Waals surface area contributed by atoms with Crippen LogP contribution in [-0.2, 0) is 11.2 Å². The fourth-order valence-corrected chi connectivity index (χ4v) is 2.53. The summed E-state index contributed by atoms with van der Waals surface area (Å²) in [6.07, 6.45) is 2.90. The molecule has 0 aliphatic rings. The summed E-state index contributed by atoms with van der Waals surface area (Å²) >= 11 is 5.79. The molecule has 0 radical (unpaired) electrons. The minimum Gasteiger partial charge on any atom is -0.356 e. The number of hydrogen-bond acceptors (Lipinski definition) is 2. The van der Waals surface area contributed by atoms with Crippen molar-refractivity contribution in [3.8, 4) is 0 Å². The van der Waals surface area contributed by atoms with E-state index in [4.69, 9.17) is 11.6 Å². The predicted molar refractivity (Wildman–Crippen MR) is 101 cm³/mol. The van der Waals surface area contributed by atoms with Gasteiger partial charge in [-0.2, -0.15) is 0 Å². The van der Waals surface area contributed by atoms with Crippen LogP contribution in [0.4, 0.5) is 0 Å². The third-order valence-electron chi connectivity index (χ3n) is 3.78. The van der Waals surface area contributed by atoms with E-state index in [1.54, 1.807) is 24.3 Å². The molecule has 4 nitrogen and oxygen atoms in total. The summed E-state index contributed by atoms with van der Waals surface area (Å²) in [5.74, 6) is -0.131. The Balaban J connectivity index is 1.53. The number of hydrogen-bond donors (Lipinski definition) is 2. The minimum atomic E-state index is -0.153. The Morgan fingerprint density at radius 3 is 2.24 bits per heavy atom. The maximum absolute atomic E-state index is 11.9. The molecule has 0 heterocycles. The molecule has 132 valence electrons. The number of carbonyl (C=O) groups excluding carboxylic acids is 2. The molecule has 2 amide bonds. The molecule has 0 saturated carbocycles. The molecule has 2 N–H and O–H groups in total. The fraction of sp³-hybridized carbons (Fsp3) is 0.300. The largest absolute Gasteiger partial charge is 0.356 e. The molecule has 0 fully saturated rings. The fourth-order valence-electron chi connectivity index (χ4n) is 2.41. The van der Waals surface area contributed by atoms with Crippen LogP contribution in [0.5, 0.6) is 0 Å². The average Bonchev–Trinajstić information content (AvgIpc) is 2.63. The molecule has 2 aromatic carbocycles. The first-order valence-electron chi connectivity index (χ1n) is 8.49. The first-order chi connectivity index (χ1) is 12.1. The zero-order chi connectivity index (χ0) is 17.9. The molecule has 0 unspecified atom stereocenters. The van der Waals surface area contributed by atoms with E-state index in [2.05, 4.69) is 22.8 Å². The van der Waals surface area contributed by atoms with E-state index in [9.17, 15) is 9.59 Å². The highest BCUT2D eigenvalue weighted by Crippen LogP contribution is 2.09. The maximum atomic E-state index is 11.9. The lowest BCUT2D eigenvalue weighted by Crippen LogP contribution is -2.28. The third-order valence-corrected chi connectivity index (χ3v) is 4.03. The minimum absolute atomic E-state index is 0.0220. The summed E-state index contributed by atoms with van der Waals surface area (Å²) in [6.45, 7) is 1.14. The zero-order valence-electron chi connectivity index (χ0n) is 14.1. The topological polar surface area (TPSA) is 58.2 Å². The maximum Gasteiger partial charge on any atom is 0.251 e. The highest BCUT2D eigenvalue weighted by Gasteiger charge is 2.05. The number of nitrogens with one attached hydrogen (secondary N) is 2. The van der Waals surface area contributed by atoms with Crippen molar-refractivity contribution in [2.24, 2.45) is 0 Å². The Bertz CT molecular complexity index is 672. The van der Waals surface area contributed by atoms with Crippen LogP contribution in [-0.4, -0.2) is 24.9 Å². The van der Waals surface area contributed by atoms with Gasteiger partial charge in [-0.25, -0.2) is 0 Å². The highest BCUT2D eigenvalue weighted by molar-refractivity contribution is 6.30. The number of rotatable bonds is 9. The van der Waals surface area contributed by atoms with E-state index in [-0.39, 0.29) is 11.8 Å². The van der Waals surface area contributed by atoms with Gasteiger partial charge in [0.05, 0.1) is 0 Å². The number of carbonyl (C=O) groups is 2. The summed E-state index contributed by atoms with van der Waals surface area (Å²) in [6, 6.07) is 16.9. The van der Waals surface area contributed by atoms with Crippen LogP contribution in [0.15, 0.2) is 54.6 Å². The van der Waals surface area contributed by atoms with Gasteiger partial charge in [-0.05, 0) is 49.1 Å². The Morgan fingerprint density at radius 1 is 0.840 bits per heavy atom. The standard InChI is InChI=1S/C20H23ClN2O2/c21-18-12-10-17(11-13-18)20(25)23-15-5-9-19(24)22-14-4-8-16-6-2-1-3-7-16/h1-3,6-7,10-13H,4-5,8-9,14-15H2,(H,22,24)(H,23,25). The molecule has 25 heavy (non-hydrogen) atoms. The molecule has 0 spiro atoms. The van der Waals surface area contributed by atoms with Crippen LogP contribution in [0.2, 0.25) is 5.02 Å². The first kappa shape index (κ1) is 19.0. The van der Waals surface area contributed by atoms with E-state index >= 15 is 0 Å². The first-order valence-corrected chi connectivity index (χ1v) is 8.87.